The molecule has 0 saturated carbocycles. The molecule has 0 atom stereocenters. The van der Waals surface area contributed by atoms with Gasteiger partial charge in [-0.1, -0.05) is 6.58 Å². The summed E-state index contributed by atoms with van der Waals surface area (Å²) in [4.78, 5) is 0. The van der Waals surface area contributed by atoms with Gasteiger partial charge in [-0.2, -0.15) is 0 Å². The van der Waals surface area contributed by atoms with Gasteiger partial charge in [0.1, 0.15) is 0 Å². The van der Waals surface area contributed by atoms with Gasteiger partial charge >= 0.3 is 0 Å². The molecule has 2 nitrogen and oxygen atoms in total. The van der Waals surface area contributed by atoms with E-state index in [9.17, 15) is 0 Å². The first kappa shape index (κ1) is 6.95. The third-order valence-corrected chi connectivity index (χ3v) is 0.715. The van der Waals surface area contributed by atoms with Crippen LogP contribution in [-0.4, -0.2) is 13.3 Å². The summed E-state index contributed by atoms with van der Waals surface area (Å²) in [5.74, 6) is 0. The molecule has 46 valence electrons. The lowest BCUT2D eigenvalue weighted by Crippen LogP contribution is -2.00. The fraction of sp³-hybridized carbons (Fsp3) is 0.167. The lowest BCUT2D eigenvalue weighted by atomic mass is 10.4. The number of hydrogen-bond acceptors (Lipinski definition) is 2. The second-order valence-corrected chi connectivity index (χ2v) is 1.30. The molecule has 0 aromatic rings. The second-order valence-electron chi connectivity index (χ2n) is 1.30. The zero-order chi connectivity index (χ0) is 6.41. The zero-order valence-corrected chi connectivity index (χ0v) is 4.94. The van der Waals surface area contributed by atoms with E-state index in [1.54, 1.807) is 19.2 Å². The van der Waals surface area contributed by atoms with Crippen LogP contribution in [0.4, 0.5) is 0 Å². The first-order valence-corrected chi connectivity index (χ1v) is 2.35. The summed E-state index contributed by atoms with van der Waals surface area (Å²) in [6.07, 6.45) is 4.55. The molecule has 0 aliphatic rings. The summed E-state index contributed by atoms with van der Waals surface area (Å²) >= 11 is 0. The van der Waals surface area contributed by atoms with Gasteiger partial charge in [0.15, 0.2) is 0 Å². The largest absolute Gasteiger partial charge is 0.389 e. The maximum atomic E-state index is 6.59. The quantitative estimate of drug-likeness (QED) is 0.417. The van der Waals surface area contributed by atoms with Crippen LogP contribution in [0.1, 0.15) is 1.43 Å². The summed E-state index contributed by atoms with van der Waals surface area (Å²) in [7, 11) is 1.79. The molecule has 0 aromatic heterocycles. The van der Waals surface area contributed by atoms with Gasteiger partial charge in [-0.25, -0.2) is 0 Å². The fourth-order valence-corrected chi connectivity index (χ4v) is 0.248. The van der Waals surface area contributed by atoms with Crippen LogP contribution in [-0.2, 0) is 0 Å². The van der Waals surface area contributed by atoms with E-state index in [-0.39, 0.29) is 1.43 Å². The number of allylic oxidation sites excluding steroid dienone is 2. The van der Waals surface area contributed by atoms with E-state index in [0.717, 1.165) is 5.70 Å². The van der Waals surface area contributed by atoms with Crippen molar-refractivity contribution >= 4 is 6.21 Å². The number of nitrogens with one attached hydrogen (secondary N) is 2. The van der Waals surface area contributed by atoms with Crippen molar-refractivity contribution in [1.29, 1.82) is 5.41 Å². The van der Waals surface area contributed by atoms with Gasteiger partial charge in [0.05, 0.1) is 0 Å². The molecule has 0 unspecified atom stereocenters. The average Bonchev–Trinajstić information content (AvgIpc) is 1.83. The van der Waals surface area contributed by atoms with Crippen LogP contribution in [0.25, 0.3) is 0 Å². The highest BCUT2D eigenvalue weighted by atomic mass is 14.8. The third kappa shape index (κ3) is 3.15. The molecule has 2 heteroatoms. The monoisotopic (exact) mass is 112 g/mol. The molecular weight excluding hydrogens is 100 g/mol. The van der Waals surface area contributed by atoms with E-state index in [2.05, 4.69) is 11.9 Å². The van der Waals surface area contributed by atoms with Crippen LogP contribution in [0.2, 0.25) is 0 Å². The van der Waals surface area contributed by atoms with Gasteiger partial charge < -0.3 is 10.7 Å². The van der Waals surface area contributed by atoms with Crippen molar-refractivity contribution in [3.05, 3.63) is 24.4 Å². The molecule has 0 fully saturated rings. The molecule has 0 aliphatic carbocycles. The van der Waals surface area contributed by atoms with Crippen LogP contribution in [0, 0.1) is 5.41 Å². The minimum Gasteiger partial charge on any atom is -0.389 e. The average molecular weight is 112 g/mol. The molecule has 0 heterocycles. The van der Waals surface area contributed by atoms with Crippen molar-refractivity contribution < 1.29 is 1.43 Å². The summed E-state index contributed by atoms with van der Waals surface area (Å²) in [5, 5.41) is 9.41. The Morgan fingerprint density at radius 2 is 2.50 bits per heavy atom. The van der Waals surface area contributed by atoms with Crippen molar-refractivity contribution in [1.82, 2.24) is 5.32 Å². The molecule has 0 saturated heterocycles. The molecule has 0 aromatic carbocycles. The van der Waals surface area contributed by atoms with Gasteiger partial charge in [-0.15, -0.1) is 0 Å². The van der Waals surface area contributed by atoms with Gasteiger partial charge in [-0.3, -0.25) is 0 Å². The third-order valence-electron chi connectivity index (χ3n) is 0.715. The van der Waals surface area contributed by atoms with Crippen molar-refractivity contribution in [3.63, 3.8) is 0 Å². The van der Waals surface area contributed by atoms with Crippen LogP contribution in [0.3, 0.4) is 0 Å². The van der Waals surface area contributed by atoms with E-state index >= 15 is 0 Å². The van der Waals surface area contributed by atoms with E-state index in [4.69, 9.17) is 5.41 Å². The van der Waals surface area contributed by atoms with Crippen LogP contribution in [0.5, 0.6) is 0 Å². The predicted molar refractivity (Wildman–Crippen MR) is 38.2 cm³/mol. The van der Waals surface area contributed by atoms with Crippen molar-refractivity contribution in [2.45, 2.75) is 0 Å². The molecule has 0 radical (unpaired) electrons. The Hall–Kier alpha value is -1.05. The molecule has 0 aliphatic heterocycles. The Morgan fingerprint density at radius 3 is 2.88 bits per heavy atom. The van der Waals surface area contributed by atoms with Gasteiger partial charge in [0, 0.05) is 20.4 Å². The smallest absolute Gasteiger partial charge is 0.0265 e. The molecule has 2 N–H and O–H groups in total. The molecule has 8 heavy (non-hydrogen) atoms. The highest BCUT2D eigenvalue weighted by Gasteiger charge is 1.73. The fourth-order valence-electron chi connectivity index (χ4n) is 0.248. The highest BCUT2D eigenvalue weighted by Crippen LogP contribution is 1.80. The van der Waals surface area contributed by atoms with Crippen LogP contribution < -0.4 is 5.32 Å². The van der Waals surface area contributed by atoms with E-state index in [1.807, 2.05) is 0 Å². The first-order valence-electron chi connectivity index (χ1n) is 2.35. The van der Waals surface area contributed by atoms with E-state index in [0.29, 0.717) is 0 Å². The second kappa shape index (κ2) is 4.12. The SMILES string of the molecule is C=C(/C=C\C=N)NC.[HH]. The molecule has 0 spiro atoms. The van der Waals surface area contributed by atoms with Gasteiger partial charge in [0.25, 0.3) is 0 Å². The van der Waals surface area contributed by atoms with Gasteiger partial charge in [0.2, 0.25) is 0 Å². The topological polar surface area (TPSA) is 35.9 Å². The molecule has 0 rings (SSSR count). The standard InChI is InChI=1S/C6H10N2.H2/c1-6(8-2)4-3-5-7;/h3-5,7-8H,1H2,2H3;1H/b4-3-,7-5?;. The zero-order valence-electron chi connectivity index (χ0n) is 4.94. The maximum absolute atomic E-state index is 6.59. The summed E-state index contributed by atoms with van der Waals surface area (Å²) in [6, 6.07) is 0. The number of hydrogen-bond donors (Lipinski definition) is 2. The van der Waals surface area contributed by atoms with Crippen LogP contribution >= 0.6 is 0 Å². The number of likely N-dealkylation sites (N-methyl/N-ethyl adjacent to an activating group) is 1. The van der Waals surface area contributed by atoms with Crippen molar-refractivity contribution in [2.75, 3.05) is 7.05 Å². The Bertz CT molecular complexity index is 118. The summed E-state index contributed by atoms with van der Waals surface area (Å²) in [5.41, 5.74) is 0.813. The molecular formula is C6H12N2. The lowest BCUT2D eigenvalue weighted by molar-refractivity contribution is 1.04. The Balaban J connectivity index is 0. The molecule has 0 amide bonds. The summed E-state index contributed by atoms with van der Waals surface area (Å²) in [6.45, 7) is 3.61. The maximum Gasteiger partial charge on any atom is 0.0265 e. The van der Waals surface area contributed by atoms with Crippen LogP contribution in [0.15, 0.2) is 24.4 Å². The normalized spacial score (nSPS) is 9.12. The Morgan fingerprint density at radius 1 is 1.88 bits per heavy atom. The van der Waals surface area contributed by atoms with E-state index < -0.39 is 0 Å². The van der Waals surface area contributed by atoms with Crippen molar-refractivity contribution in [3.8, 4) is 0 Å². The Labute approximate surface area is 50.9 Å². The lowest BCUT2D eigenvalue weighted by Gasteiger charge is -1.91. The van der Waals surface area contributed by atoms with E-state index in [1.165, 1.54) is 6.21 Å². The minimum atomic E-state index is 0. The predicted octanol–water partition coefficient (Wildman–Crippen LogP) is 1.17. The molecule has 0 bridgehead atoms. The first-order chi connectivity index (χ1) is 3.81. The number of rotatable bonds is 3. The summed E-state index contributed by atoms with van der Waals surface area (Å²) < 4.78 is 0. The minimum absolute atomic E-state index is 0. The van der Waals surface area contributed by atoms with Gasteiger partial charge in [-0.05, 0) is 12.2 Å². The highest BCUT2D eigenvalue weighted by molar-refractivity contribution is 5.68. The Kier molecular flexibility index (Phi) is 3.58. The van der Waals surface area contributed by atoms with Crippen molar-refractivity contribution in [2.24, 2.45) is 0 Å².